The molecule has 0 aliphatic carbocycles. The van der Waals surface area contributed by atoms with Gasteiger partial charge in [0.2, 0.25) is 17.7 Å². The maximum atomic E-state index is 14.4. The molecule has 6 atom stereocenters. The number of aryl methyl sites for hydroxylation is 2. The van der Waals surface area contributed by atoms with Crippen LogP contribution in [0.3, 0.4) is 0 Å². The number of aliphatic hydroxyl groups is 1. The summed E-state index contributed by atoms with van der Waals surface area (Å²) >= 11 is 1.62. The van der Waals surface area contributed by atoms with E-state index < -0.39 is 33.4 Å². The third kappa shape index (κ3) is 4.91. The van der Waals surface area contributed by atoms with Crippen molar-refractivity contribution in [1.29, 1.82) is 0 Å². The van der Waals surface area contributed by atoms with Crippen molar-refractivity contribution in [2.45, 2.75) is 76.0 Å². The number of carbonyl (C=O) groups is 3. The predicted octanol–water partition coefficient (Wildman–Crippen LogP) is 4.78. The van der Waals surface area contributed by atoms with Gasteiger partial charge in [-0.1, -0.05) is 26.0 Å². The second-order valence-corrected chi connectivity index (χ2v) is 14.1. The van der Waals surface area contributed by atoms with Gasteiger partial charge in [0.05, 0.1) is 35.8 Å². The van der Waals surface area contributed by atoms with Crippen molar-refractivity contribution in [3.05, 3.63) is 53.6 Å². The van der Waals surface area contributed by atoms with Gasteiger partial charge in [0.25, 0.3) is 0 Å². The van der Waals surface area contributed by atoms with Crippen LogP contribution in [-0.2, 0) is 14.4 Å². The number of ether oxygens (including phenoxy) is 1. The Balaban J connectivity index is 1.52. The number of aliphatic hydroxyl groups excluding tert-OH is 1. The number of fused-ring (bicyclic) bond motifs is 1. The normalized spacial score (nSPS) is 29.0. The lowest BCUT2D eigenvalue weighted by atomic mass is 9.66. The largest absolute Gasteiger partial charge is 0.494 e. The van der Waals surface area contributed by atoms with Crippen molar-refractivity contribution in [3.63, 3.8) is 0 Å². The fourth-order valence-electron chi connectivity index (χ4n) is 7.13. The maximum absolute atomic E-state index is 14.4. The zero-order valence-corrected chi connectivity index (χ0v) is 25.5. The zero-order valence-electron chi connectivity index (χ0n) is 24.7. The molecule has 1 spiro atoms. The fourth-order valence-corrected chi connectivity index (χ4v) is 9.48. The van der Waals surface area contributed by atoms with Crippen LogP contribution in [0, 0.1) is 31.6 Å². The van der Waals surface area contributed by atoms with E-state index in [1.54, 1.807) is 28.8 Å². The van der Waals surface area contributed by atoms with E-state index in [-0.39, 0.29) is 30.2 Å². The van der Waals surface area contributed by atoms with Crippen LogP contribution in [0.1, 0.15) is 51.7 Å². The molecule has 3 N–H and O–H groups in total. The van der Waals surface area contributed by atoms with E-state index in [0.717, 1.165) is 23.3 Å². The third-order valence-corrected chi connectivity index (χ3v) is 11.1. The van der Waals surface area contributed by atoms with Crippen LogP contribution in [0.25, 0.3) is 0 Å². The molecular weight excluding hydrogens is 538 g/mol. The molecule has 2 aromatic rings. The van der Waals surface area contributed by atoms with Gasteiger partial charge in [-0.15, -0.1) is 11.8 Å². The van der Waals surface area contributed by atoms with E-state index in [1.165, 1.54) is 0 Å². The smallest absolute Gasteiger partial charge is 0.248 e. The van der Waals surface area contributed by atoms with Crippen LogP contribution in [0.4, 0.5) is 11.4 Å². The van der Waals surface area contributed by atoms with Crippen LogP contribution in [0.2, 0.25) is 0 Å². The number of nitrogens with zero attached hydrogens (tertiary/aromatic N) is 1. The Hall–Kier alpha value is -3.04. The minimum atomic E-state index is -0.811. The Morgan fingerprint density at radius 3 is 2.44 bits per heavy atom. The quantitative estimate of drug-likeness (QED) is 0.395. The standard InChI is InChI=1S/C32H41N3O5S/c1-7-40-22-12-10-21(11-13-22)33-28(37)25-26-30(39)35(24(17-36)18(2)3)27(32(26)15-14-31(25,6)41-32)29(38)34-23-16-19(4)8-9-20(23)5/h8-13,16,18,24-27,36H,7,14-15,17H2,1-6H3,(H,33,37)(H,34,38)/t24-,25-,26-,27?,31+,32?/m0/s1. The molecule has 3 aliphatic rings. The van der Waals surface area contributed by atoms with Crippen molar-refractivity contribution in [1.82, 2.24) is 4.90 Å². The summed E-state index contributed by atoms with van der Waals surface area (Å²) in [5, 5.41) is 16.6. The lowest BCUT2D eigenvalue weighted by Gasteiger charge is -2.38. The van der Waals surface area contributed by atoms with Crippen molar-refractivity contribution in [2.75, 3.05) is 23.8 Å². The van der Waals surface area contributed by atoms with Crippen LogP contribution in [0.15, 0.2) is 42.5 Å². The van der Waals surface area contributed by atoms with Crippen LogP contribution < -0.4 is 15.4 Å². The molecule has 0 radical (unpaired) electrons. The molecule has 3 amide bonds. The molecule has 0 aromatic heterocycles. The molecule has 2 unspecified atom stereocenters. The number of rotatable bonds is 9. The first kappa shape index (κ1) is 29.5. The number of likely N-dealkylation sites (tertiary alicyclic amines) is 1. The summed E-state index contributed by atoms with van der Waals surface area (Å²) in [7, 11) is 0. The summed E-state index contributed by atoms with van der Waals surface area (Å²) in [5.41, 5.74) is 3.29. The summed E-state index contributed by atoms with van der Waals surface area (Å²) in [5.74, 6) is -1.35. The number of hydrogen-bond donors (Lipinski definition) is 3. The van der Waals surface area contributed by atoms with Crippen LogP contribution >= 0.6 is 11.8 Å². The highest BCUT2D eigenvalue weighted by atomic mass is 32.2. The minimum Gasteiger partial charge on any atom is -0.494 e. The molecule has 9 heteroatoms. The minimum absolute atomic E-state index is 0.0795. The highest BCUT2D eigenvalue weighted by Crippen LogP contribution is 2.71. The Kier molecular flexibility index (Phi) is 7.89. The molecule has 8 nitrogen and oxygen atoms in total. The second-order valence-electron chi connectivity index (χ2n) is 12.2. The molecule has 3 aliphatic heterocycles. The van der Waals surface area contributed by atoms with Gasteiger partial charge < -0.3 is 25.4 Å². The zero-order chi connectivity index (χ0) is 29.7. The fraction of sp³-hybridized carbons (Fsp3) is 0.531. The van der Waals surface area contributed by atoms with Gasteiger partial charge in [-0.25, -0.2) is 0 Å². The molecular formula is C32H41N3O5S. The van der Waals surface area contributed by atoms with E-state index in [4.69, 9.17) is 4.74 Å². The van der Waals surface area contributed by atoms with Gasteiger partial charge in [-0.05, 0) is 87.9 Å². The van der Waals surface area contributed by atoms with E-state index in [0.29, 0.717) is 24.4 Å². The Bertz CT molecular complexity index is 1350. The van der Waals surface area contributed by atoms with Gasteiger partial charge >= 0.3 is 0 Å². The molecule has 0 saturated carbocycles. The average Bonchev–Trinajstić information content (AvgIpc) is 3.49. The van der Waals surface area contributed by atoms with Crippen molar-refractivity contribution in [2.24, 2.45) is 17.8 Å². The topological polar surface area (TPSA) is 108 Å². The van der Waals surface area contributed by atoms with E-state index in [1.807, 2.05) is 65.0 Å². The van der Waals surface area contributed by atoms with E-state index in [2.05, 4.69) is 17.6 Å². The summed E-state index contributed by atoms with van der Waals surface area (Å²) < 4.78 is 4.26. The van der Waals surface area contributed by atoms with E-state index in [9.17, 15) is 19.5 Å². The number of carbonyl (C=O) groups excluding carboxylic acids is 3. The molecule has 3 heterocycles. The second kappa shape index (κ2) is 11.0. The van der Waals surface area contributed by atoms with Gasteiger partial charge in [0.15, 0.2) is 0 Å². The Morgan fingerprint density at radius 1 is 1.10 bits per heavy atom. The third-order valence-electron chi connectivity index (χ3n) is 9.14. The highest BCUT2D eigenvalue weighted by molar-refractivity contribution is 8.02. The number of anilines is 2. The highest BCUT2D eigenvalue weighted by Gasteiger charge is 2.77. The average molecular weight is 580 g/mol. The Labute approximate surface area is 246 Å². The Morgan fingerprint density at radius 2 is 1.80 bits per heavy atom. The van der Waals surface area contributed by atoms with Crippen molar-refractivity contribution in [3.8, 4) is 5.75 Å². The lowest BCUT2D eigenvalue weighted by molar-refractivity contribution is -0.142. The number of amides is 3. The first-order chi connectivity index (χ1) is 19.5. The van der Waals surface area contributed by atoms with Crippen molar-refractivity contribution >= 4 is 40.9 Å². The predicted molar refractivity (Wildman–Crippen MR) is 162 cm³/mol. The molecule has 3 fully saturated rings. The molecule has 2 aromatic carbocycles. The monoisotopic (exact) mass is 579 g/mol. The van der Waals surface area contributed by atoms with Gasteiger partial charge in [-0.3, -0.25) is 14.4 Å². The molecule has 220 valence electrons. The summed E-state index contributed by atoms with van der Waals surface area (Å²) in [6.45, 7) is 12.1. The molecule has 2 bridgehead atoms. The maximum Gasteiger partial charge on any atom is 0.248 e. The lowest BCUT2D eigenvalue weighted by Crippen LogP contribution is -2.56. The molecule has 3 saturated heterocycles. The summed E-state index contributed by atoms with van der Waals surface area (Å²) in [6, 6.07) is 11.7. The van der Waals surface area contributed by atoms with Crippen molar-refractivity contribution < 1.29 is 24.2 Å². The SMILES string of the molecule is CCOc1ccc(NC(=O)[C@@H]2[C@H]3C(=O)N([C@@H](CO)C(C)C)C(C(=O)Nc4cc(C)ccc4C)C34CC[C@@]2(C)S4)cc1. The van der Waals surface area contributed by atoms with Crippen LogP contribution in [0.5, 0.6) is 5.75 Å². The molecule has 5 rings (SSSR count). The number of nitrogens with one attached hydrogen (secondary N) is 2. The van der Waals surface area contributed by atoms with E-state index >= 15 is 0 Å². The van der Waals surface area contributed by atoms with Gasteiger partial charge in [0.1, 0.15) is 11.8 Å². The number of hydrogen-bond acceptors (Lipinski definition) is 6. The molecule has 41 heavy (non-hydrogen) atoms. The van der Waals surface area contributed by atoms with Crippen LogP contribution in [-0.4, -0.2) is 62.5 Å². The number of benzene rings is 2. The number of thioether (sulfide) groups is 1. The first-order valence-corrected chi connectivity index (χ1v) is 15.3. The van der Waals surface area contributed by atoms with Gasteiger partial charge in [-0.2, -0.15) is 0 Å². The summed E-state index contributed by atoms with van der Waals surface area (Å²) in [6.07, 6.45) is 1.37. The summed E-state index contributed by atoms with van der Waals surface area (Å²) in [4.78, 5) is 44.2. The van der Waals surface area contributed by atoms with Gasteiger partial charge in [0, 0.05) is 16.1 Å². The first-order valence-electron chi connectivity index (χ1n) is 14.5.